The van der Waals surface area contributed by atoms with Crippen molar-refractivity contribution in [2.24, 2.45) is 0 Å². The number of halogens is 7. The number of alkyl halides is 6. The molecule has 3 rings (SSSR count). The van der Waals surface area contributed by atoms with Crippen LogP contribution >= 0.6 is 0 Å². The fourth-order valence-corrected chi connectivity index (χ4v) is 3.30. The lowest BCUT2D eigenvalue weighted by Gasteiger charge is -2.34. The molecule has 31 heavy (non-hydrogen) atoms. The largest absolute Gasteiger partial charge is 0.416 e. The Bertz CT molecular complexity index is 849. The highest BCUT2D eigenvalue weighted by atomic mass is 19.4. The molecular formula is C21H20F7NO2. The Kier molecular flexibility index (Phi) is 6.92. The van der Waals surface area contributed by atoms with Gasteiger partial charge in [-0.1, -0.05) is 12.1 Å². The van der Waals surface area contributed by atoms with Crippen LogP contribution in [0.1, 0.15) is 35.3 Å². The first kappa shape index (κ1) is 23.5. The highest BCUT2D eigenvalue weighted by molar-refractivity contribution is 5.34. The van der Waals surface area contributed by atoms with Gasteiger partial charge in [0.05, 0.1) is 29.9 Å². The van der Waals surface area contributed by atoms with Gasteiger partial charge in [0.15, 0.2) is 6.29 Å². The van der Waals surface area contributed by atoms with E-state index in [0.29, 0.717) is 25.1 Å². The van der Waals surface area contributed by atoms with E-state index in [4.69, 9.17) is 9.47 Å². The molecule has 1 aliphatic heterocycles. The Hall–Kier alpha value is -2.17. The monoisotopic (exact) mass is 451 g/mol. The normalized spacial score (nSPS) is 21.2. The topological polar surface area (TPSA) is 30.5 Å². The molecule has 0 bridgehead atoms. The first-order valence-corrected chi connectivity index (χ1v) is 9.48. The molecule has 0 unspecified atom stereocenters. The minimum absolute atomic E-state index is 0.0756. The van der Waals surface area contributed by atoms with Crippen molar-refractivity contribution in [1.82, 2.24) is 5.32 Å². The summed E-state index contributed by atoms with van der Waals surface area (Å²) in [4.78, 5) is 0. The van der Waals surface area contributed by atoms with Crippen molar-refractivity contribution < 1.29 is 40.2 Å². The minimum Gasteiger partial charge on any atom is -0.350 e. The number of hydrogen-bond donors (Lipinski definition) is 1. The molecule has 0 spiro atoms. The molecule has 0 aliphatic carbocycles. The van der Waals surface area contributed by atoms with Crippen LogP contribution in [0.15, 0.2) is 42.5 Å². The van der Waals surface area contributed by atoms with Crippen molar-refractivity contribution in [2.75, 3.05) is 13.2 Å². The summed E-state index contributed by atoms with van der Waals surface area (Å²) in [7, 11) is 0. The van der Waals surface area contributed by atoms with Crippen LogP contribution in [0.25, 0.3) is 0 Å². The van der Waals surface area contributed by atoms with Crippen molar-refractivity contribution >= 4 is 0 Å². The van der Waals surface area contributed by atoms with Crippen molar-refractivity contribution in [2.45, 2.75) is 44.1 Å². The quantitative estimate of drug-likeness (QED) is 0.610. The zero-order chi connectivity index (χ0) is 22.8. The highest BCUT2D eigenvalue weighted by Gasteiger charge is 2.38. The smallest absolute Gasteiger partial charge is 0.350 e. The van der Waals surface area contributed by atoms with Crippen LogP contribution in [-0.2, 0) is 28.2 Å². The summed E-state index contributed by atoms with van der Waals surface area (Å²) in [6.45, 7) is 2.11. The van der Waals surface area contributed by atoms with Gasteiger partial charge in [-0.15, -0.1) is 0 Å². The minimum atomic E-state index is -4.94. The third kappa shape index (κ3) is 6.18. The predicted molar refractivity (Wildman–Crippen MR) is 97.6 cm³/mol. The maximum Gasteiger partial charge on any atom is 0.416 e. The number of benzene rings is 2. The molecule has 1 heterocycles. The van der Waals surface area contributed by atoms with Crippen LogP contribution in [0, 0.1) is 5.82 Å². The van der Waals surface area contributed by atoms with Crippen LogP contribution in [0.2, 0.25) is 0 Å². The Labute approximate surface area is 174 Å². The van der Waals surface area contributed by atoms with Crippen molar-refractivity contribution in [1.29, 1.82) is 0 Å². The number of rotatable bonds is 5. The number of morpholine rings is 1. The van der Waals surface area contributed by atoms with Crippen LogP contribution in [0.5, 0.6) is 0 Å². The third-order valence-electron chi connectivity index (χ3n) is 4.91. The van der Waals surface area contributed by atoms with E-state index in [2.05, 4.69) is 5.32 Å². The molecular weight excluding hydrogens is 431 g/mol. The summed E-state index contributed by atoms with van der Waals surface area (Å²) in [5.41, 5.74) is -2.31. The summed E-state index contributed by atoms with van der Waals surface area (Å²) < 4.78 is 103. The lowest BCUT2D eigenvalue weighted by molar-refractivity contribution is -0.198. The van der Waals surface area contributed by atoms with Crippen molar-refractivity contribution in [3.63, 3.8) is 0 Å². The van der Waals surface area contributed by atoms with E-state index in [0.717, 1.165) is 5.56 Å². The first-order chi connectivity index (χ1) is 14.4. The summed E-state index contributed by atoms with van der Waals surface area (Å²) in [5.74, 6) is -0.400. The molecule has 0 saturated carbocycles. The second-order valence-corrected chi connectivity index (χ2v) is 7.25. The van der Waals surface area contributed by atoms with Crippen molar-refractivity contribution in [3.05, 3.63) is 70.5 Å². The van der Waals surface area contributed by atoms with Gasteiger partial charge in [-0.25, -0.2) is 4.39 Å². The first-order valence-electron chi connectivity index (χ1n) is 9.48. The molecule has 3 atom stereocenters. The molecule has 170 valence electrons. The zero-order valence-electron chi connectivity index (χ0n) is 16.4. The van der Waals surface area contributed by atoms with Crippen LogP contribution in [-0.4, -0.2) is 25.5 Å². The molecule has 2 aromatic carbocycles. The molecule has 0 amide bonds. The van der Waals surface area contributed by atoms with Gasteiger partial charge >= 0.3 is 12.4 Å². The molecule has 0 aromatic heterocycles. The number of ether oxygens (including phenoxy) is 2. The zero-order valence-corrected chi connectivity index (χ0v) is 16.4. The Morgan fingerprint density at radius 2 is 1.58 bits per heavy atom. The average molecular weight is 451 g/mol. The molecule has 1 aliphatic rings. The highest BCUT2D eigenvalue weighted by Crippen LogP contribution is 2.38. The van der Waals surface area contributed by atoms with E-state index in [1.54, 1.807) is 12.1 Å². The fraction of sp³-hybridized carbons (Fsp3) is 0.429. The SMILES string of the molecule is C[C@@H](O[C@H]1OCCN[C@H]1Cc1ccc(F)cc1)c1cc(C(F)(F)F)cc(C(F)(F)F)c1. The van der Waals surface area contributed by atoms with Gasteiger partial charge in [-0.3, -0.25) is 0 Å². The van der Waals surface area contributed by atoms with E-state index in [1.807, 2.05) is 0 Å². The maximum absolute atomic E-state index is 13.1. The summed E-state index contributed by atoms with van der Waals surface area (Å²) in [6, 6.07) is 6.68. The second kappa shape index (κ2) is 9.13. The van der Waals surface area contributed by atoms with Gasteiger partial charge in [0.1, 0.15) is 5.82 Å². The lowest BCUT2D eigenvalue weighted by atomic mass is 10.0. The molecule has 2 aromatic rings. The molecule has 3 nitrogen and oxygen atoms in total. The predicted octanol–water partition coefficient (Wildman–Crippen LogP) is 5.50. The lowest BCUT2D eigenvalue weighted by Crippen LogP contribution is -2.51. The Morgan fingerprint density at radius 1 is 1.00 bits per heavy atom. The fourth-order valence-electron chi connectivity index (χ4n) is 3.30. The van der Waals surface area contributed by atoms with Gasteiger partial charge in [-0.05, 0) is 54.8 Å². The molecule has 1 fully saturated rings. The van der Waals surface area contributed by atoms with Crippen molar-refractivity contribution in [3.8, 4) is 0 Å². The summed E-state index contributed by atoms with van der Waals surface area (Å²) >= 11 is 0. The maximum atomic E-state index is 13.1. The van der Waals surface area contributed by atoms with E-state index >= 15 is 0 Å². The number of nitrogens with one attached hydrogen (secondary N) is 1. The van der Waals surface area contributed by atoms with E-state index in [9.17, 15) is 30.7 Å². The van der Waals surface area contributed by atoms with Crippen LogP contribution in [0.4, 0.5) is 30.7 Å². The van der Waals surface area contributed by atoms with Gasteiger partial charge in [0, 0.05) is 6.54 Å². The summed E-state index contributed by atoms with van der Waals surface area (Å²) in [6.07, 6.45) is -11.5. The van der Waals surface area contributed by atoms with Crippen LogP contribution in [0.3, 0.4) is 0 Å². The van der Waals surface area contributed by atoms with E-state index in [-0.39, 0.29) is 18.2 Å². The third-order valence-corrected chi connectivity index (χ3v) is 4.91. The van der Waals surface area contributed by atoms with Gasteiger partial charge in [0.2, 0.25) is 0 Å². The molecule has 1 N–H and O–H groups in total. The van der Waals surface area contributed by atoms with Gasteiger partial charge in [0.25, 0.3) is 0 Å². The Balaban J connectivity index is 1.81. The molecule has 1 saturated heterocycles. The van der Waals surface area contributed by atoms with Gasteiger partial charge in [-0.2, -0.15) is 26.3 Å². The second-order valence-electron chi connectivity index (χ2n) is 7.25. The average Bonchev–Trinajstić information content (AvgIpc) is 2.69. The molecule has 10 heteroatoms. The number of hydrogen-bond acceptors (Lipinski definition) is 3. The Morgan fingerprint density at radius 3 is 2.13 bits per heavy atom. The molecule has 0 radical (unpaired) electrons. The van der Waals surface area contributed by atoms with E-state index in [1.165, 1.54) is 19.1 Å². The van der Waals surface area contributed by atoms with Gasteiger partial charge < -0.3 is 14.8 Å². The van der Waals surface area contributed by atoms with E-state index < -0.39 is 47.7 Å². The van der Waals surface area contributed by atoms with Crippen LogP contribution < -0.4 is 5.32 Å². The standard InChI is InChI=1S/C21H20F7NO2/c1-12(14-9-15(20(23,24)25)11-16(10-14)21(26,27)28)31-19-18(29-6-7-30-19)8-13-2-4-17(22)5-3-13/h2-5,9-12,18-19,29H,6-8H2,1H3/t12-,18+,19-/m1/s1. The summed E-state index contributed by atoms with van der Waals surface area (Å²) in [5, 5.41) is 3.16.